The molecule has 84 valence electrons. The van der Waals surface area contributed by atoms with Crippen molar-refractivity contribution in [3.8, 4) is 0 Å². The Balaban J connectivity index is 1.83. The van der Waals surface area contributed by atoms with Gasteiger partial charge in [-0.25, -0.2) is 9.59 Å². The summed E-state index contributed by atoms with van der Waals surface area (Å²) in [6.45, 7) is 1.51. The molecule has 2 heterocycles. The third-order valence-electron chi connectivity index (χ3n) is 3.08. The van der Waals surface area contributed by atoms with Gasteiger partial charge in [0, 0.05) is 13.1 Å². The molecular formula is C9H14N2O4. The van der Waals surface area contributed by atoms with Gasteiger partial charge in [0.15, 0.2) is 0 Å². The highest BCUT2D eigenvalue weighted by Gasteiger charge is 2.33. The summed E-state index contributed by atoms with van der Waals surface area (Å²) < 4.78 is 4.81. The van der Waals surface area contributed by atoms with Crippen LogP contribution in [0.25, 0.3) is 0 Å². The molecule has 2 saturated heterocycles. The van der Waals surface area contributed by atoms with Crippen molar-refractivity contribution in [1.29, 1.82) is 0 Å². The smallest absolute Gasteiger partial charge is 0.407 e. The van der Waals surface area contributed by atoms with E-state index in [-0.39, 0.29) is 12.1 Å². The first-order valence-corrected chi connectivity index (χ1v) is 5.08. The van der Waals surface area contributed by atoms with Gasteiger partial charge in [-0.15, -0.1) is 0 Å². The summed E-state index contributed by atoms with van der Waals surface area (Å²) in [6, 6.07) is 0.0634. The van der Waals surface area contributed by atoms with Crippen molar-refractivity contribution in [1.82, 2.24) is 10.2 Å². The van der Waals surface area contributed by atoms with Crippen LogP contribution in [0.2, 0.25) is 0 Å². The Morgan fingerprint density at radius 2 is 2.13 bits per heavy atom. The maximum atomic E-state index is 10.8. The van der Waals surface area contributed by atoms with Gasteiger partial charge in [0.2, 0.25) is 0 Å². The topological polar surface area (TPSA) is 78.9 Å². The van der Waals surface area contributed by atoms with Crippen LogP contribution in [0.5, 0.6) is 0 Å². The first-order chi connectivity index (χ1) is 7.16. The van der Waals surface area contributed by atoms with Gasteiger partial charge in [0.1, 0.15) is 6.61 Å². The normalized spacial score (nSPS) is 27.3. The van der Waals surface area contributed by atoms with E-state index in [4.69, 9.17) is 9.84 Å². The maximum Gasteiger partial charge on any atom is 0.407 e. The van der Waals surface area contributed by atoms with Gasteiger partial charge in [-0.2, -0.15) is 0 Å². The summed E-state index contributed by atoms with van der Waals surface area (Å²) in [5.74, 6) is 0.340. The predicted molar refractivity (Wildman–Crippen MR) is 50.6 cm³/mol. The zero-order valence-corrected chi connectivity index (χ0v) is 8.31. The summed E-state index contributed by atoms with van der Waals surface area (Å²) in [4.78, 5) is 22.9. The SMILES string of the molecule is O=C1NC(C2CCN(C(=O)O)CC2)CO1. The number of amides is 2. The molecule has 2 aliphatic heterocycles. The zero-order valence-electron chi connectivity index (χ0n) is 8.31. The average Bonchev–Trinajstić information content (AvgIpc) is 2.65. The van der Waals surface area contributed by atoms with E-state index in [1.165, 1.54) is 4.90 Å². The van der Waals surface area contributed by atoms with Crippen LogP contribution in [0.4, 0.5) is 9.59 Å². The van der Waals surface area contributed by atoms with Crippen LogP contribution in [0.15, 0.2) is 0 Å². The van der Waals surface area contributed by atoms with Crippen LogP contribution >= 0.6 is 0 Å². The molecule has 0 aromatic carbocycles. The van der Waals surface area contributed by atoms with Gasteiger partial charge in [0.05, 0.1) is 6.04 Å². The number of hydrogen-bond acceptors (Lipinski definition) is 3. The van der Waals surface area contributed by atoms with Crippen molar-refractivity contribution < 1.29 is 19.4 Å². The second-order valence-electron chi connectivity index (χ2n) is 3.96. The second-order valence-corrected chi connectivity index (χ2v) is 3.96. The quantitative estimate of drug-likeness (QED) is 0.665. The molecule has 2 rings (SSSR count). The molecule has 0 aromatic heterocycles. The van der Waals surface area contributed by atoms with E-state index in [9.17, 15) is 9.59 Å². The molecular weight excluding hydrogens is 200 g/mol. The number of ether oxygens (including phenoxy) is 1. The van der Waals surface area contributed by atoms with Gasteiger partial charge in [-0.3, -0.25) is 0 Å². The average molecular weight is 214 g/mol. The highest BCUT2D eigenvalue weighted by molar-refractivity contribution is 5.69. The van der Waals surface area contributed by atoms with Gasteiger partial charge in [0.25, 0.3) is 0 Å². The van der Waals surface area contributed by atoms with Crippen LogP contribution < -0.4 is 5.32 Å². The monoisotopic (exact) mass is 214 g/mol. The Hall–Kier alpha value is -1.46. The fourth-order valence-electron chi connectivity index (χ4n) is 2.15. The Morgan fingerprint density at radius 1 is 1.47 bits per heavy atom. The molecule has 2 fully saturated rings. The van der Waals surface area contributed by atoms with E-state index in [1.807, 2.05) is 0 Å². The number of hydrogen-bond donors (Lipinski definition) is 2. The van der Waals surface area contributed by atoms with Crippen LogP contribution in [0, 0.1) is 5.92 Å². The van der Waals surface area contributed by atoms with Crippen molar-refractivity contribution >= 4 is 12.2 Å². The Kier molecular flexibility index (Phi) is 2.66. The Morgan fingerprint density at radius 3 is 2.60 bits per heavy atom. The molecule has 0 saturated carbocycles. The summed E-state index contributed by atoms with van der Waals surface area (Å²) in [6.07, 6.45) is 0.363. The molecule has 2 amide bonds. The molecule has 0 aliphatic carbocycles. The number of cyclic esters (lactones) is 1. The number of carbonyl (C=O) groups is 2. The Bertz CT molecular complexity index is 273. The number of nitrogens with zero attached hydrogens (tertiary/aromatic N) is 1. The number of alkyl carbamates (subject to hydrolysis) is 1. The van der Waals surface area contributed by atoms with Gasteiger partial charge >= 0.3 is 12.2 Å². The fourth-order valence-corrected chi connectivity index (χ4v) is 2.15. The number of piperidine rings is 1. The predicted octanol–water partition coefficient (Wildman–Crippen LogP) is 0.485. The molecule has 2 aliphatic rings. The highest BCUT2D eigenvalue weighted by atomic mass is 16.6. The van der Waals surface area contributed by atoms with Crippen molar-refractivity contribution in [3.63, 3.8) is 0 Å². The minimum Gasteiger partial charge on any atom is -0.465 e. The first-order valence-electron chi connectivity index (χ1n) is 5.08. The lowest BCUT2D eigenvalue weighted by molar-refractivity contribution is 0.116. The lowest BCUT2D eigenvalue weighted by Crippen LogP contribution is -2.44. The highest BCUT2D eigenvalue weighted by Crippen LogP contribution is 2.22. The van der Waals surface area contributed by atoms with Crippen LogP contribution in [0.3, 0.4) is 0 Å². The van der Waals surface area contributed by atoms with Gasteiger partial charge < -0.3 is 20.1 Å². The van der Waals surface area contributed by atoms with Crippen LogP contribution in [-0.2, 0) is 4.74 Å². The van der Waals surface area contributed by atoms with Crippen molar-refractivity contribution in [3.05, 3.63) is 0 Å². The fraction of sp³-hybridized carbons (Fsp3) is 0.778. The van der Waals surface area contributed by atoms with E-state index < -0.39 is 6.09 Å². The number of rotatable bonds is 1. The summed E-state index contributed by atoms with van der Waals surface area (Å²) >= 11 is 0. The number of carbonyl (C=O) groups excluding carboxylic acids is 1. The van der Waals surface area contributed by atoms with Gasteiger partial charge in [-0.05, 0) is 18.8 Å². The zero-order chi connectivity index (χ0) is 10.8. The first kappa shape index (κ1) is 10.1. The molecule has 0 radical (unpaired) electrons. The van der Waals surface area contributed by atoms with E-state index in [1.54, 1.807) is 0 Å². The summed E-state index contributed by atoms with van der Waals surface area (Å²) in [5.41, 5.74) is 0. The molecule has 6 nitrogen and oxygen atoms in total. The lowest BCUT2D eigenvalue weighted by atomic mass is 9.90. The molecule has 0 spiro atoms. The molecule has 1 unspecified atom stereocenters. The minimum atomic E-state index is -0.861. The molecule has 2 N–H and O–H groups in total. The number of likely N-dealkylation sites (tertiary alicyclic amines) is 1. The standard InChI is InChI=1S/C9H14N2O4/c12-8-10-7(5-15-8)6-1-3-11(4-2-6)9(13)14/h6-7H,1-5H2,(H,10,12)(H,13,14). The van der Waals surface area contributed by atoms with E-state index in [0.717, 1.165) is 12.8 Å². The van der Waals surface area contributed by atoms with E-state index in [2.05, 4.69) is 5.32 Å². The van der Waals surface area contributed by atoms with Crippen molar-refractivity contribution in [2.45, 2.75) is 18.9 Å². The Labute approximate surface area is 87.2 Å². The molecule has 15 heavy (non-hydrogen) atoms. The summed E-state index contributed by atoms with van der Waals surface area (Å²) in [7, 11) is 0. The minimum absolute atomic E-state index is 0.0634. The third-order valence-corrected chi connectivity index (χ3v) is 3.08. The number of nitrogens with one attached hydrogen (secondary N) is 1. The molecule has 1 atom stereocenters. The second kappa shape index (κ2) is 3.96. The third kappa shape index (κ3) is 2.14. The van der Waals surface area contributed by atoms with Crippen LogP contribution in [-0.4, -0.2) is 47.9 Å². The van der Waals surface area contributed by atoms with Crippen LogP contribution in [0.1, 0.15) is 12.8 Å². The van der Waals surface area contributed by atoms with E-state index in [0.29, 0.717) is 25.6 Å². The molecule has 0 aromatic rings. The summed E-state index contributed by atoms with van der Waals surface area (Å²) in [5, 5.41) is 11.5. The molecule has 0 bridgehead atoms. The van der Waals surface area contributed by atoms with Crippen molar-refractivity contribution in [2.24, 2.45) is 5.92 Å². The largest absolute Gasteiger partial charge is 0.465 e. The lowest BCUT2D eigenvalue weighted by Gasteiger charge is -2.32. The van der Waals surface area contributed by atoms with E-state index >= 15 is 0 Å². The van der Waals surface area contributed by atoms with Crippen molar-refractivity contribution in [2.75, 3.05) is 19.7 Å². The van der Waals surface area contributed by atoms with Gasteiger partial charge in [-0.1, -0.05) is 0 Å². The maximum absolute atomic E-state index is 10.8. The molecule has 6 heteroatoms. The number of carboxylic acid groups (broad SMARTS) is 1.